The van der Waals surface area contributed by atoms with Gasteiger partial charge in [-0.1, -0.05) is 24.3 Å². The highest BCUT2D eigenvalue weighted by atomic mass is 19.1. The zero-order valence-corrected chi connectivity index (χ0v) is 13.1. The summed E-state index contributed by atoms with van der Waals surface area (Å²) in [5, 5.41) is 0. The monoisotopic (exact) mass is 299 g/mol. The molecule has 2 nitrogen and oxygen atoms in total. The fourth-order valence-electron chi connectivity index (χ4n) is 3.15. The molecule has 1 aliphatic rings. The third-order valence-electron chi connectivity index (χ3n) is 4.46. The van der Waals surface area contributed by atoms with Crippen molar-refractivity contribution in [3.05, 3.63) is 65.5 Å². The van der Waals surface area contributed by atoms with Crippen LogP contribution in [-0.2, 0) is 6.42 Å². The third kappa shape index (κ3) is 3.30. The molecule has 0 amide bonds. The summed E-state index contributed by atoms with van der Waals surface area (Å²) in [5.41, 5.74) is 2.62. The molecule has 0 bridgehead atoms. The van der Waals surface area contributed by atoms with Crippen LogP contribution in [0.3, 0.4) is 0 Å². The number of ether oxygens (including phenoxy) is 1. The predicted octanol–water partition coefficient (Wildman–Crippen LogP) is 4.21. The van der Waals surface area contributed by atoms with Crippen LogP contribution in [0.1, 0.15) is 30.1 Å². The van der Waals surface area contributed by atoms with Crippen molar-refractivity contribution in [2.75, 3.05) is 14.1 Å². The summed E-state index contributed by atoms with van der Waals surface area (Å²) in [5.74, 6) is 0.486. The smallest absolute Gasteiger partial charge is 0.125 e. The van der Waals surface area contributed by atoms with Gasteiger partial charge in [0.2, 0.25) is 0 Å². The summed E-state index contributed by atoms with van der Waals surface area (Å²) in [6.07, 6.45) is 3.16. The topological polar surface area (TPSA) is 12.5 Å². The lowest BCUT2D eigenvalue weighted by molar-refractivity contribution is 0.146. The highest BCUT2D eigenvalue weighted by Crippen LogP contribution is 2.34. The summed E-state index contributed by atoms with van der Waals surface area (Å²) in [7, 11) is 4.24. The van der Waals surface area contributed by atoms with Crippen LogP contribution in [0, 0.1) is 5.82 Å². The summed E-state index contributed by atoms with van der Waals surface area (Å²) in [4.78, 5) is 2.27. The molecule has 2 unspecified atom stereocenters. The summed E-state index contributed by atoms with van der Waals surface area (Å²) in [6.45, 7) is 0. The second-order valence-corrected chi connectivity index (χ2v) is 6.15. The fraction of sp³-hybridized carbons (Fsp3) is 0.368. The van der Waals surface area contributed by atoms with Crippen molar-refractivity contribution in [1.82, 2.24) is 4.90 Å². The number of halogens is 1. The van der Waals surface area contributed by atoms with Crippen molar-refractivity contribution in [2.24, 2.45) is 0 Å². The minimum atomic E-state index is -0.236. The number of aryl methyl sites for hydroxylation is 1. The molecule has 3 rings (SSSR count). The average molecular weight is 299 g/mol. The maximum Gasteiger partial charge on any atom is 0.125 e. The second-order valence-electron chi connectivity index (χ2n) is 6.15. The van der Waals surface area contributed by atoms with E-state index in [2.05, 4.69) is 43.3 Å². The number of fused-ring (bicyclic) bond motifs is 1. The van der Waals surface area contributed by atoms with Gasteiger partial charge in [-0.05, 0) is 62.3 Å². The molecule has 0 fully saturated rings. The van der Waals surface area contributed by atoms with Gasteiger partial charge >= 0.3 is 0 Å². The molecule has 0 heterocycles. The molecule has 1 aliphatic carbocycles. The van der Waals surface area contributed by atoms with Crippen molar-refractivity contribution in [3.63, 3.8) is 0 Å². The summed E-state index contributed by atoms with van der Waals surface area (Å²) in [6, 6.07) is 15.3. The SMILES string of the molecule is CN(C)C1CCc2ccccc2C(Oc2ccc(F)cc2)C1. The van der Waals surface area contributed by atoms with Gasteiger partial charge in [0, 0.05) is 12.5 Å². The molecule has 0 aliphatic heterocycles. The zero-order chi connectivity index (χ0) is 15.5. The molecule has 2 aromatic rings. The van der Waals surface area contributed by atoms with Gasteiger partial charge in [0.1, 0.15) is 17.7 Å². The first-order valence-electron chi connectivity index (χ1n) is 7.80. The van der Waals surface area contributed by atoms with Crippen molar-refractivity contribution in [3.8, 4) is 5.75 Å². The van der Waals surface area contributed by atoms with Gasteiger partial charge in [-0.15, -0.1) is 0 Å². The van der Waals surface area contributed by atoms with Crippen LogP contribution in [0.15, 0.2) is 48.5 Å². The first kappa shape index (κ1) is 15.0. The standard InChI is InChI=1S/C19H22FNO/c1-21(2)16-10-7-14-5-3-4-6-18(14)19(13-16)22-17-11-8-15(20)9-12-17/h3-6,8-9,11-12,16,19H,7,10,13H2,1-2H3. The molecule has 22 heavy (non-hydrogen) atoms. The Labute approximate surface area is 131 Å². The Bertz CT molecular complexity index is 624. The van der Waals surface area contributed by atoms with Gasteiger partial charge in [-0.3, -0.25) is 0 Å². The van der Waals surface area contributed by atoms with E-state index in [0.29, 0.717) is 6.04 Å². The Morgan fingerprint density at radius 2 is 1.77 bits per heavy atom. The van der Waals surface area contributed by atoms with E-state index in [-0.39, 0.29) is 11.9 Å². The normalized spacial score (nSPS) is 21.3. The lowest BCUT2D eigenvalue weighted by atomic mass is 10.0. The van der Waals surface area contributed by atoms with E-state index in [1.54, 1.807) is 12.1 Å². The Morgan fingerprint density at radius 3 is 2.50 bits per heavy atom. The second kappa shape index (κ2) is 6.49. The summed E-state index contributed by atoms with van der Waals surface area (Å²) < 4.78 is 19.3. The van der Waals surface area contributed by atoms with Crippen LogP contribution in [-0.4, -0.2) is 25.0 Å². The zero-order valence-electron chi connectivity index (χ0n) is 13.1. The maximum atomic E-state index is 13.1. The molecule has 3 heteroatoms. The molecule has 0 spiro atoms. The highest BCUT2D eigenvalue weighted by molar-refractivity contribution is 5.32. The van der Waals surface area contributed by atoms with E-state index >= 15 is 0 Å². The van der Waals surface area contributed by atoms with Crippen LogP contribution in [0.25, 0.3) is 0 Å². The van der Waals surface area contributed by atoms with Crippen LogP contribution >= 0.6 is 0 Å². The quantitative estimate of drug-likeness (QED) is 0.787. The lowest BCUT2D eigenvalue weighted by Crippen LogP contribution is -2.30. The van der Waals surface area contributed by atoms with Crippen LogP contribution < -0.4 is 4.74 Å². The van der Waals surface area contributed by atoms with Crippen molar-refractivity contribution < 1.29 is 9.13 Å². The van der Waals surface area contributed by atoms with Crippen LogP contribution in [0.2, 0.25) is 0 Å². The molecule has 0 saturated heterocycles. The third-order valence-corrected chi connectivity index (χ3v) is 4.46. The Balaban J connectivity index is 1.89. The fourth-order valence-corrected chi connectivity index (χ4v) is 3.15. The molecular weight excluding hydrogens is 277 g/mol. The van der Waals surface area contributed by atoms with E-state index < -0.39 is 0 Å². The summed E-state index contributed by atoms with van der Waals surface area (Å²) >= 11 is 0. The number of rotatable bonds is 3. The molecule has 116 valence electrons. The van der Waals surface area contributed by atoms with Gasteiger partial charge in [0.25, 0.3) is 0 Å². The van der Waals surface area contributed by atoms with E-state index in [0.717, 1.165) is 25.0 Å². The van der Waals surface area contributed by atoms with Crippen molar-refractivity contribution >= 4 is 0 Å². The van der Waals surface area contributed by atoms with Crippen LogP contribution in [0.5, 0.6) is 5.75 Å². The largest absolute Gasteiger partial charge is 0.486 e. The first-order valence-corrected chi connectivity index (χ1v) is 7.80. The minimum Gasteiger partial charge on any atom is -0.486 e. The molecule has 0 radical (unpaired) electrons. The number of benzene rings is 2. The number of hydrogen-bond acceptors (Lipinski definition) is 2. The number of nitrogens with zero attached hydrogens (tertiary/aromatic N) is 1. The van der Waals surface area contributed by atoms with Gasteiger partial charge < -0.3 is 9.64 Å². The molecule has 0 saturated carbocycles. The van der Waals surface area contributed by atoms with Gasteiger partial charge in [-0.25, -0.2) is 4.39 Å². The highest BCUT2D eigenvalue weighted by Gasteiger charge is 2.26. The Kier molecular flexibility index (Phi) is 4.44. The van der Waals surface area contributed by atoms with E-state index in [9.17, 15) is 4.39 Å². The first-order chi connectivity index (χ1) is 10.6. The van der Waals surface area contributed by atoms with E-state index in [4.69, 9.17) is 4.74 Å². The predicted molar refractivity (Wildman–Crippen MR) is 86.6 cm³/mol. The van der Waals surface area contributed by atoms with E-state index in [1.165, 1.54) is 23.3 Å². The van der Waals surface area contributed by atoms with Gasteiger partial charge in [-0.2, -0.15) is 0 Å². The molecular formula is C19H22FNO. The Hall–Kier alpha value is -1.87. The molecule has 0 aromatic heterocycles. The minimum absolute atomic E-state index is 0.0107. The maximum absolute atomic E-state index is 13.1. The Morgan fingerprint density at radius 1 is 1.05 bits per heavy atom. The average Bonchev–Trinajstić information content (AvgIpc) is 2.70. The lowest BCUT2D eigenvalue weighted by Gasteiger charge is -2.27. The van der Waals surface area contributed by atoms with Gasteiger partial charge in [0.05, 0.1) is 0 Å². The molecule has 2 aromatic carbocycles. The van der Waals surface area contributed by atoms with Gasteiger partial charge in [0.15, 0.2) is 0 Å². The van der Waals surface area contributed by atoms with Crippen molar-refractivity contribution in [1.29, 1.82) is 0 Å². The van der Waals surface area contributed by atoms with E-state index in [1.807, 2.05) is 0 Å². The molecule has 0 N–H and O–H groups in total. The van der Waals surface area contributed by atoms with Crippen molar-refractivity contribution in [2.45, 2.75) is 31.4 Å². The molecule has 2 atom stereocenters. The number of hydrogen-bond donors (Lipinski definition) is 0. The van der Waals surface area contributed by atoms with Crippen LogP contribution in [0.4, 0.5) is 4.39 Å².